The van der Waals surface area contributed by atoms with E-state index in [1.807, 2.05) is 0 Å². The van der Waals surface area contributed by atoms with E-state index in [0.717, 1.165) is 19.5 Å². The zero-order valence-electron chi connectivity index (χ0n) is 9.45. The Bertz CT molecular complexity index is 323. The number of sulfonamides is 1. The largest absolute Gasteiger partial charge is 0.355 e. The van der Waals surface area contributed by atoms with Gasteiger partial charge in [0, 0.05) is 13.0 Å². The molecule has 1 atom stereocenters. The molecule has 1 heterocycles. The first kappa shape index (κ1) is 13.4. The van der Waals surface area contributed by atoms with Crippen LogP contribution in [0.3, 0.4) is 0 Å². The predicted molar refractivity (Wildman–Crippen MR) is 61.4 cm³/mol. The van der Waals surface area contributed by atoms with Crippen molar-refractivity contribution in [3.8, 4) is 0 Å². The summed E-state index contributed by atoms with van der Waals surface area (Å²) in [5.74, 6) is 0.249. The van der Waals surface area contributed by atoms with Crippen LogP contribution in [0.25, 0.3) is 0 Å². The molecule has 0 aromatic carbocycles. The second-order valence-corrected chi connectivity index (χ2v) is 5.98. The van der Waals surface area contributed by atoms with Crippen molar-refractivity contribution < 1.29 is 13.2 Å². The van der Waals surface area contributed by atoms with Crippen LogP contribution in [0.15, 0.2) is 0 Å². The molecule has 1 amide bonds. The lowest BCUT2D eigenvalue weighted by Gasteiger charge is -2.09. The molecule has 0 aromatic heterocycles. The molecular weight excluding hydrogens is 230 g/mol. The number of carbonyl (C=O) groups is 1. The van der Waals surface area contributed by atoms with Crippen LogP contribution in [0.1, 0.15) is 12.8 Å². The first-order valence-electron chi connectivity index (χ1n) is 5.42. The molecule has 0 saturated carbocycles. The van der Waals surface area contributed by atoms with Crippen LogP contribution in [0.4, 0.5) is 0 Å². The van der Waals surface area contributed by atoms with Crippen molar-refractivity contribution in [2.45, 2.75) is 12.8 Å². The molecule has 7 heteroatoms. The molecular formula is C9H19N3O3S. The molecule has 0 aromatic rings. The van der Waals surface area contributed by atoms with Gasteiger partial charge in [0.25, 0.3) is 0 Å². The highest BCUT2D eigenvalue weighted by Crippen LogP contribution is 2.11. The van der Waals surface area contributed by atoms with E-state index in [1.165, 1.54) is 7.05 Å². The third kappa shape index (κ3) is 4.91. The molecule has 3 N–H and O–H groups in total. The minimum absolute atomic E-state index is 0.0694. The Morgan fingerprint density at radius 2 is 2.25 bits per heavy atom. The van der Waals surface area contributed by atoms with Crippen molar-refractivity contribution >= 4 is 15.9 Å². The molecule has 1 aliphatic heterocycles. The van der Waals surface area contributed by atoms with Gasteiger partial charge in [-0.05, 0) is 32.5 Å². The number of carbonyl (C=O) groups excluding carboxylic acids is 1. The van der Waals surface area contributed by atoms with Crippen LogP contribution in [-0.4, -0.2) is 46.8 Å². The van der Waals surface area contributed by atoms with Gasteiger partial charge < -0.3 is 10.6 Å². The quantitative estimate of drug-likeness (QED) is 0.543. The van der Waals surface area contributed by atoms with Crippen molar-refractivity contribution in [3.05, 3.63) is 0 Å². The van der Waals surface area contributed by atoms with Crippen molar-refractivity contribution in [1.82, 2.24) is 15.4 Å². The monoisotopic (exact) mass is 249 g/mol. The summed E-state index contributed by atoms with van der Waals surface area (Å²) >= 11 is 0. The third-order valence-corrected chi connectivity index (χ3v) is 4.00. The Labute approximate surface area is 96.2 Å². The van der Waals surface area contributed by atoms with Crippen LogP contribution in [-0.2, 0) is 14.8 Å². The van der Waals surface area contributed by atoms with Crippen molar-refractivity contribution in [3.63, 3.8) is 0 Å². The van der Waals surface area contributed by atoms with Crippen LogP contribution in [0.5, 0.6) is 0 Å². The first-order chi connectivity index (χ1) is 7.53. The molecule has 94 valence electrons. The third-order valence-electron chi connectivity index (χ3n) is 2.64. The fourth-order valence-electron chi connectivity index (χ4n) is 1.65. The van der Waals surface area contributed by atoms with Crippen molar-refractivity contribution in [2.24, 2.45) is 5.92 Å². The van der Waals surface area contributed by atoms with Crippen LogP contribution in [0.2, 0.25) is 0 Å². The lowest BCUT2D eigenvalue weighted by Crippen LogP contribution is -2.33. The van der Waals surface area contributed by atoms with E-state index in [1.54, 1.807) is 0 Å². The van der Waals surface area contributed by atoms with Gasteiger partial charge in [0.15, 0.2) is 0 Å². The minimum Gasteiger partial charge on any atom is -0.355 e. The van der Waals surface area contributed by atoms with Gasteiger partial charge in [-0.25, -0.2) is 13.1 Å². The van der Waals surface area contributed by atoms with Gasteiger partial charge in [-0.15, -0.1) is 0 Å². The molecule has 1 aliphatic rings. The Balaban J connectivity index is 2.15. The summed E-state index contributed by atoms with van der Waals surface area (Å²) in [5.41, 5.74) is 0. The molecule has 16 heavy (non-hydrogen) atoms. The van der Waals surface area contributed by atoms with Crippen molar-refractivity contribution in [1.29, 1.82) is 0 Å². The average molecular weight is 249 g/mol. The van der Waals surface area contributed by atoms with E-state index < -0.39 is 10.0 Å². The zero-order valence-corrected chi connectivity index (χ0v) is 10.3. The topological polar surface area (TPSA) is 87.3 Å². The molecule has 0 bridgehead atoms. The summed E-state index contributed by atoms with van der Waals surface area (Å²) in [6, 6.07) is 0. The lowest BCUT2D eigenvalue weighted by atomic mass is 10.1. The molecule has 0 radical (unpaired) electrons. The highest BCUT2D eigenvalue weighted by molar-refractivity contribution is 7.89. The summed E-state index contributed by atoms with van der Waals surface area (Å²) in [6.07, 6.45) is 1.49. The molecule has 6 nitrogen and oxygen atoms in total. The number of hydrogen-bond acceptors (Lipinski definition) is 4. The molecule has 0 spiro atoms. The summed E-state index contributed by atoms with van der Waals surface area (Å²) in [4.78, 5) is 11.4. The maximum absolute atomic E-state index is 11.4. The highest BCUT2D eigenvalue weighted by Gasteiger charge is 2.18. The second kappa shape index (κ2) is 6.17. The molecule has 1 fully saturated rings. The maximum Gasteiger partial charge on any atom is 0.220 e. The summed E-state index contributed by atoms with van der Waals surface area (Å²) < 4.78 is 24.3. The van der Waals surface area contributed by atoms with E-state index in [9.17, 15) is 13.2 Å². The average Bonchev–Trinajstić information content (AvgIpc) is 2.70. The van der Waals surface area contributed by atoms with Gasteiger partial charge in [0.2, 0.25) is 15.9 Å². The van der Waals surface area contributed by atoms with Crippen LogP contribution < -0.4 is 15.4 Å². The predicted octanol–water partition coefficient (Wildman–Crippen LogP) is -1.35. The van der Waals surface area contributed by atoms with Crippen LogP contribution in [0, 0.1) is 5.92 Å². The fourth-order valence-corrected chi connectivity index (χ4v) is 2.22. The Morgan fingerprint density at radius 1 is 1.50 bits per heavy atom. The Kier molecular flexibility index (Phi) is 5.17. The van der Waals surface area contributed by atoms with E-state index in [-0.39, 0.29) is 18.2 Å². The number of nitrogens with one attached hydrogen (secondary N) is 3. The summed E-state index contributed by atoms with van der Waals surface area (Å²) in [5, 5.41) is 5.80. The summed E-state index contributed by atoms with van der Waals surface area (Å²) in [6.45, 7) is 2.01. The molecule has 0 aliphatic carbocycles. The second-order valence-electron chi connectivity index (χ2n) is 3.94. The molecule has 1 unspecified atom stereocenters. The van der Waals surface area contributed by atoms with E-state index in [0.29, 0.717) is 12.3 Å². The number of hydrogen-bond donors (Lipinski definition) is 3. The standard InChI is InChI=1S/C9H19N3O3S/c1-10-16(14,15)5-4-12-9(13)6-8-2-3-11-7-8/h8,10-11H,2-7H2,1H3,(H,12,13). The van der Waals surface area contributed by atoms with Crippen molar-refractivity contribution in [2.75, 3.05) is 32.4 Å². The van der Waals surface area contributed by atoms with Gasteiger partial charge in [-0.2, -0.15) is 0 Å². The highest BCUT2D eigenvalue weighted by atomic mass is 32.2. The first-order valence-corrected chi connectivity index (χ1v) is 7.07. The number of amides is 1. The lowest BCUT2D eigenvalue weighted by molar-refractivity contribution is -0.121. The zero-order chi connectivity index (χ0) is 12.0. The number of rotatable bonds is 6. The Hall–Kier alpha value is -0.660. The molecule has 1 rings (SSSR count). The fraction of sp³-hybridized carbons (Fsp3) is 0.889. The van der Waals surface area contributed by atoms with Gasteiger partial charge in [0.05, 0.1) is 5.75 Å². The maximum atomic E-state index is 11.4. The van der Waals surface area contributed by atoms with Crippen LogP contribution >= 0.6 is 0 Å². The van der Waals surface area contributed by atoms with Gasteiger partial charge in [-0.1, -0.05) is 0 Å². The summed E-state index contributed by atoms with van der Waals surface area (Å²) in [7, 11) is -1.86. The minimum atomic E-state index is -3.22. The van der Waals surface area contributed by atoms with Gasteiger partial charge >= 0.3 is 0 Å². The SMILES string of the molecule is CNS(=O)(=O)CCNC(=O)CC1CCNC1. The normalized spacial score (nSPS) is 20.9. The smallest absolute Gasteiger partial charge is 0.220 e. The van der Waals surface area contributed by atoms with E-state index in [4.69, 9.17) is 0 Å². The van der Waals surface area contributed by atoms with E-state index in [2.05, 4.69) is 15.4 Å². The van der Waals surface area contributed by atoms with Gasteiger partial charge in [0.1, 0.15) is 0 Å². The Morgan fingerprint density at radius 3 is 2.81 bits per heavy atom. The molecule has 1 saturated heterocycles. The van der Waals surface area contributed by atoms with Gasteiger partial charge in [-0.3, -0.25) is 4.79 Å². The van der Waals surface area contributed by atoms with E-state index >= 15 is 0 Å².